The van der Waals surface area contributed by atoms with Gasteiger partial charge in [-0.1, -0.05) is 11.6 Å². The van der Waals surface area contributed by atoms with E-state index >= 15 is 0 Å². The Morgan fingerprint density at radius 1 is 1.07 bits per heavy atom. The Morgan fingerprint density at radius 2 is 1.67 bits per heavy atom. The Labute approximate surface area is 245 Å². The van der Waals surface area contributed by atoms with E-state index in [1.807, 2.05) is 0 Å². The Bertz CT molecular complexity index is 1530. The van der Waals surface area contributed by atoms with Gasteiger partial charge in [0.25, 0.3) is 5.91 Å². The number of esters is 1. The Hall–Kier alpha value is -2.71. The maximum absolute atomic E-state index is 13.9. The topological polar surface area (TPSA) is 128 Å². The Kier molecular flexibility index (Phi) is 7.67. The quantitative estimate of drug-likeness (QED) is 0.355. The average molecular weight is 632 g/mol. The highest BCUT2D eigenvalue weighted by Gasteiger charge is 2.73. The molecule has 1 amide bonds. The molecule has 2 aromatic rings. The summed E-state index contributed by atoms with van der Waals surface area (Å²) in [5, 5.41) is 13.2. The van der Waals surface area contributed by atoms with Crippen molar-refractivity contribution >= 4 is 39.0 Å². The highest BCUT2D eigenvalue weighted by atomic mass is 35.5. The minimum absolute atomic E-state index is 0.0290. The van der Waals surface area contributed by atoms with Gasteiger partial charge in [-0.25, -0.2) is 26.4 Å². The van der Waals surface area contributed by atoms with E-state index in [9.17, 15) is 36.3 Å². The lowest BCUT2D eigenvalue weighted by Gasteiger charge is -2.50. The van der Waals surface area contributed by atoms with Crippen molar-refractivity contribution in [2.45, 2.75) is 66.7 Å². The number of halogens is 4. The van der Waals surface area contributed by atoms with Crippen molar-refractivity contribution in [2.75, 3.05) is 19.0 Å². The monoisotopic (exact) mass is 631 g/mol. The summed E-state index contributed by atoms with van der Waals surface area (Å²) in [5.74, 6) is -8.96. The number of rotatable bonds is 6. The number of methoxy groups -OCH3 is 1. The highest BCUT2D eigenvalue weighted by Crippen LogP contribution is 2.59. The number of aliphatic hydroxyl groups is 1. The summed E-state index contributed by atoms with van der Waals surface area (Å²) in [6.45, 7) is 2.94. The van der Waals surface area contributed by atoms with E-state index < -0.39 is 73.2 Å². The summed E-state index contributed by atoms with van der Waals surface area (Å²) < 4.78 is 85.0. The molecule has 2 aliphatic carbocycles. The van der Waals surface area contributed by atoms with E-state index in [2.05, 4.69) is 5.32 Å². The molecule has 42 heavy (non-hydrogen) atoms. The molecule has 1 aliphatic heterocycles. The number of anilines is 1. The minimum Gasteiger partial charge on any atom is -0.467 e. The lowest BCUT2D eigenvalue weighted by atomic mass is 9.65. The second-order valence-electron chi connectivity index (χ2n) is 11.4. The van der Waals surface area contributed by atoms with Crippen molar-refractivity contribution in [1.82, 2.24) is 0 Å². The molecule has 0 radical (unpaired) electrons. The van der Waals surface area contributed by atoms with E-state index in [0.29, 0.717) is 25.0 Å². The van der Waals surface area contributed by atoms with E-state index in [1.54, 1.807) is 13.8 Å². The largest absolute Gasteiger partial charge is 0.467 e. The van der Waals surface area contributed by atoms with Crippen LogP contribution < -0.4 is 5.32 Å². The van der Waals surface area contributed by atoms with Crippen molar-refractivity contribution in [3.8, 4) is 0 Å². The average Bonchev–Trinajstić information content (AvgIpc) is 3.31. The molecule has 2 N–H and O–H groups in total. The number of carbonyl (C=O) groups is 2. The number of amides is 1. The van der Waals surface area contributed by atoms with Crippen LogP contribution in [-0.2, 0) is 28.8 Å². The third kappa shape index (κ3) is 4.79. The molecule has 1 heterocycles. The van der Waals surface area contributed by atoms with Crippen molar-refractivity contribution in [3.63, 3.8) is 0 Å². The zero-order valence-electron chi connectivity index (χ0n) is 22.9. The van der Waals surface area contributed by atoms with Gasteiger partial charge in [0.2, 0.25) is 5.60 Å². The first-order valence-electron chi connectivity index (χ1n) is 13.2. The summed E-state index contributed by atoms with van der Waals surface area (Å²) in [4.78, 5) is 25.5. The molecule has 9 nitrogen and oxygen atoms in total. The minimum atomic E-state index is -4.19. The lowest BCUT2D eigenvalue weighted by Crippen LogP contribution is -2.68. The molecule has 14 heteroatoms. The standard InChI is InChI=1S/C28H29ClF3NO8S/c1-26(2)40-13-27(41-26,25(35)39-3)28(36)15-5-6-16(28)10-18(9-15)42(37,38)22-8-14(4-7-19(22)29)24(34)33-17-11-20(30)23(32)21(31)12-17/h4,7-8,11-12,15-16,18,36H,5-6,9-10,13H2,1-3H3,(H,33,34)/t15-,16?,18-,27?,28-/m0/s1. The van der Waals surface area contributed by atoms with Gasteiger partial charge in [-0.3, -0.25) is 4.79 Å². The fourth-order valence-corrected chi connectivity index (χ4v) is 9.07. The Balaban J connectivity index is 1.42. The second kappa shape index (κ2) is 10.5. The predicted molar refractivity (Wildman–Crippen MR) is 143 cm³/mol. The van der Waals surface area contributed by atoms with Crippen LogP contribution in [0, 0.1) is 29.3 Å². The van der Waals surface area contributed by atoms with Crippen molar-refractivity contribution in [2.24, 2.45) is 11.8 Å². The number of benzene rings is 2. The fourth-order valence-electron chi connectivity index (χ4n) is 6.67. The summed E-state index contributed by atoms with van der Waals surface area (Å²) in [5.41, 5.74) is -4.16. The number of ether oxygens (including phenoxy) is 3. The number of fused-ring (bicyclic) bond motifs is 2. The van der Waals surface area contributed by atoms with Crippen molar-refractivity contribution in [3.05, 3.63) is 58.4 Å². The number of hydrogen-bond donors (Lipinski definition) is 2. The summed E-state index contributed by atoms with van der Waals surface area (Å²) in [6.07, 6.45) is 0.797. The normalized spacial score (nSPS) is 30.2. The number of hydrogen-bond acceptors (Lipinski definition) is 8. The smallest absolute Gasteiger partial charge is 0.343 e. The molecule has 2 saturated carbocycles. The molecule has 3 fully saturated rings. The molecule has 5 rings (SSSR count). The van der Waals surface area contributed by atoms with Crippen LogP contribution >= 0.6 is 11.6 Å². The SMILES string of the molecule is COC(=O)C1([C@@]2(O)C3CC[C@H]2C[C@H](S(=O)(=O)c2cc(C(=O)Nc4cc(F)c(F)c(F)c4)ccc2Cl)C3)COC(C)(C)O1. The fraction of sp³-hybridized carbons (Fsp3) is 0.500. The van der Waals surface area contributed by atoms with Crippen LogP contribution in [0.5, 0.6) is 0 Å². The molecule has 2 bridgehead atoms. The zero-order chi connectivity index (χ0) is 30.8. The third-order valence-corrected chi connectivity index (χ3v) is 11.2. The van der Waals surface area contributed by atoms with E-state index in [4.69, 9.17) is 25.8 Å². The molecular formula is C28H29ClF3NO8S. The lowest BCUT2D eigenvalue weighted by molar-refractivity contribution is -0.247. The van der Waals surface area contributed by atoms with Gasteiger partial charge in [0.1, 0.15) is 5.60 Å². The summed E-state index contributed by atoms with van der Waals surface area (Å²) in [6, 6.07) is 4.67. The van der Waals surface area contributed by atoms with E-state index in [0.717, 1.165) is 6.07 Å². The molecule has 3 aliphatic rings. The van der Waals surface area contributed by atoms with Crippen LogP contribution in [0.25, 0.3) is 0 Å². The molecule has 2 unspecified atom stereocenters. The van der Waals surface area contributed by atoms with Crippen molar-refractivity contribution < 1.29 is 50.5 Å². The van der Waals surface area contributed by atoms with Crippen LogP contribution in [0.3, 0.4) is 0 Å². The third-order valence-electron chi connectivity index (χ3n) is 8.59. The molecule has 1 saturated heterocycles. The van der Waals surface area contributed by atoms with Gasteiger partial charge in [-0.05, 0) is 69.6 Å². The maximum Gasteiger partial charge on any atom is 0.343 e. The molecule has 228 valence electrons. The van der Waals surface area contributed by atoms with E-state index in [-0.39, 0.29) is 40.6 Å². The van der Waals surface area contributed by atoms with Crippen LogP contribution in [0.4, 0.5) is 18.9 Å². The van der Waals surface area contributed by atoms with Gasteiger partial charge >= 0.3 is 5.97 Å². The van der Waals surface area contributed by atoms with Gasteiger partial charge in [0.05, 0.1) is 28.9 Å². The first-order valence-corrected chi connectivity index (χ1v) is 15.1. The number of nitrogens with one attached hydrogen (secondary N) is 1. The summed E-state index contributed by atoms with van der Waals surface area (Å²) >= 11 is 6.29. The van der Waals surface area contributed by atoms with Gasteiger partial charge in [-0.2, -0.15) is 0 Å². The van der Waals surface area contributed by atoms with Gasteiger partial charge < -0.3 is 24.6 Å². The first kappa shape index (κ1) is 30.7. The number of sulfone groups is 1. The highest BCUT2D eigenvalue weighted by molar-refractivity contribution is 7.92. The van der Waals surface area contributed by atoms with E-state index in [1.165, 1.54) is 19.2 Å². The molecule has 5 atom stereocenters. The maximum atomic E-state index is 13.9. The van der Waals surface area contributed by atoms with Crippen LogP contribution in [0.15, 0.2) is 35.2 Å². The Morgan fingerprint density at radius 3 is 2.19 bits per heavy atom. The predicted octanol–water partition coefficient (Wildman–Crippen LogP) is 4.40. The first-order chi connectivity index (χ1) is 19.6. The van der Waals surface area contributed by atoms with Gasteiger partial charge in [0.15, 0.2) is 33.1 Å². The molecule has 0 spiro atoms. The second-order valence-corrected chi connectivity index (χ2v) is 14.0. The van der Waals surface area contributed by atoms with Crippen LogP contribution in [-0.4, -0.2) is 61.4 Å². The van der Waals surface area contributed by atoms with Crippen LogP contribution in [0.2, 0.25) is 5.02 Å². The van der Waals surface area contributed by atoms with Crippen LogP contribution in [0.1, 0.15) is 49.9 Å². The van der Waals surface area contributed by atoms with Gasteiger partial charge in [0, 0.05) is 23.4 Å². The molecular weight excluding hydrogens is 603 g/mol. The molecule has 2 aromatic carbocycles. The number of carbonyl (C=O) groups excluding carboxylic acids is 2. The zero-order valence-corrected chi connectivity index (χ0v) is 24.5. The van der Waals surface area contributed by atoms with Crippen molar-refractivity contribution in [1.29, 1.82) is 0 Å². The summed E-state index contributed by atoms with van der Waals surface area (Å²) in [7, 11) is -3.01. The molecule has 0 aromatic heterocycles. The van der Waals surface area contributed by atoms with Gasteiger partial charge in [-0.15, -0.1) is 0 Å².